The molecule has 3 unspecified atom stereocenters. The van der Waals surface area contributed by atoms with Crippen LogP contribution in [0.3, 0.4) is 0 Å². The van der Waals surface area contributed by atoms with Gasteiger partial charge in [-0.05, 0) is 18.4 Å². The van der Waals surface area contributed by atoms with E-state index in [0.717, 1.165) is 0 Å². The Morgan fingerprint density at radius 1 is 1.36 bits per heavy atom. The van der Waals surface area contributed by atoms with Crippen molar-refractivity contribution in [1.29, 1.82) is 0 Å². The first-order valence-corrected chi connectivity index (χ1v) is 9.57. The zero-order valence-electron chi connectivity index (χ0n) is 13.8. The largest absolute Gasteiger partial charge is 0.480 e. The first-order valence-electron chi connectivity index (χ1n) is 7.55. The number of carbonyl (C=O) groups is 3. The predicted molar refractivity (Wildman–Crippen MR) is 98.6 cm³/mol. The van der Waals surface area contributed by atoms with E-state index in [1.54, 1.807) is 11.8 Å². The minimum Gasteiger partial charge on any atom is -0.480 e. The van der Waals surface area contributed by atoms with Crippen LogP contribution in [0.2, 0.25) is 0 Å². The number of aromatic nitrogens is 2. The second-order valence-electron chi connectivity index (χ2n) is 5.31. The molecule has 0 aliphatic heterocycles. The van der Waals surface area contributed by atoms with Gasteiger partial charge in [0.25, 0.3) is 0 Å². The van der Waals surface area contributed by atoms with Gasteiger partial charge in [0.1, 0.15) is 12.1 Å². The molecule has 0 aliphatic rings. The number of imidazole rings is 1. The first-order chi connectivity index (χ1) is 11.9. The lowest BCUT2D eigenvalue weighted by atomic mass is 10.1. The van der Waals surface area contributed by atoms with Crippen molar-refractivity contribution in [3.8, 4) is 0 Å². The number of carboxylic acid groups (broad SMARTS) is 1. The molecule has 0 saturated heterocycles. The Bertz CT molecular complexity index is 570. The van der Waals surface area contributed by atoms with Crippen LogP contribution in [0.4, 0.5) is 0 Å². The summed E-state index contributed by atoms with van der Waals surface area (Å²) in [5, 5.41) is 14.0. The number of thiol groups is 1. The number of rotatable bonds is 11. The average molecular weight is 390 g/mol. The maximum Gasteiger partial charge on any atom is 0.327 e. The Balaban J connectivity index is 2.79. The zero-order chi connectivity index (χ0) is 18.8. The number of amides is 2. The van der Waals surface area contributed by atoms with Crippen LogP contribution in [0.1, 0.15) is 12.1 Å². The second kappa shape index (κ2) is 11.0. The minimum absolute atomic E-state index is 0.0704. The summed E-state index contributed by atoms with van der Waals surface area (Å²) in [7, 11) is 0. The quantitative estimate of drug-likeness (QED) is 0.266. The number of thioether (sulfide) groups is 1. The topological polar surface area (TPSA) is 150 Å². The summed E-state index contributed by atoms with van der Waals surface area (Å²) in [6.45, 7) is 0. The maximum absolute atomic E-state index is 12.4. The van der Waals surface area contributed by atoms with Gasteiger partial charge in [-0.15, -0.1) is 0 Å². The fraction of sp³-hybridized carbons (Fsp3) is 0.571. The minimum atomic E-state index is -1.20. The fourth-order valence-electron chi connectivity index (χ4n) is 1.94. The van der Waals surface area contributed by atoms with Crippen molar-refractivity contribution < 1.29 is 19.5 Å². The summed E-state index contributed by atoms with van der Waals surface area (Å²) in [6, 6.07) is -2.87. The van der Waals surface area contributed by atoms with E-state index in [1.807, 2.05) is 6.26 Å². The first kappa shape index (κ1) is 21.3. The van der Waals surface area contributed by atoms with Crippen LogP contribution in [0.5, 0.6) is 0 Å². The third kappa shape index (κ3) is 7.36. The molecule has 2 amide bonds. The number of H-pyrrole nitrogens is 1. The zero-order valence-corrected chi connectivity index (χ0v) is 15.5. The molecule has 0 spiro atoms. The molecule has 11 heteroatoms. The fourth-order valence-corrected chi connectivity index (χ4v) is 2.68. The molecule has 1 heterocycles. The lowest BCUT2D eigenvalue weighted by molar-refractivity contribution is -0.141. The van der Waals surface area contributed by atoms with Crippen molar-refractivity contribution in [2.24, 2.45) is 5.73 Å². The van der Waals surface area contributed by atoms with Gasteiger partial charge in [-0.1, -0.05) is 0 Å². The molecule has 0 saturated carbocycles. The van der Waals surface area contributed by atoms with Gasteiger partial charge < -0.3 is 26.5 Å². The van der Waals surface area contributed by atoms with Crippen LogP contribution in [0, 0.1) is 0 Å². The molecule has 3 atom stereocenters. The van der Waals surface area contributed by atoms with Gasteiger partial charge in [-0.2, -0.15) is 24.4 Å². The number of nitrogens with one attached hydrogen (secondary N) is 3. The third-order valence-electron chi connectivity index (χ3n) is 3.38. The molecule has 0 aromatic carbocycles. The highest BCUT2D eigenvalue weighted by Crippen LogP contribution is 2.03. The lowest BCUT2D eigenvalue weighted by Crippen LogP contribution is -2.55. The van der Waals surface area contributed by atoms with Crippen LogP contribution in [0.15, 0.2) is 12.5 Å². The van der Waals surface area contributed by atoms with E-state index >= 15 is 0 Å². The Morgan fingerprint density at radius 3 is 2.56 bits per heavy atom. The number of nitrogens with two attached hydrogens (primary N) is 1. The second-order valence-corrected chi connectivity index (χ2v) is 6.66. The van der Waals surface area contributed by atoms with E-state index in [9.17, 15) is 14.4 Å². The molecular weight excluding hydrogens is 366 g/mol. The summed E-state index contributed by atoms with van der Waals surface area (Å²) in [5.41, 5.74) is 6.44. The van der Waals surface area contributed by atoms with Crippen LogP contribution >= 0.6 is 24.4 Å². The van der Waals surface area contributed by atoms with Gasteiger partial charge in [0.15, 0.2) is 0 Å². The van der Waals surface area contributed by atoms with Gasteiger partial charge in [0.05, 0.1) is 12.4 Å². The molecule has 0 aliphatic carbocycles. The molecule has 0 fully saturated rings. The predicted octanol–water partition coefficient (Wildman–Crippen LogP) is -0.983. The summed E-state index contributed by atoms with van der Waals surface area (Å²) < 4.78 is 0. The molecule has 0 bridgehead atoms. The summed E-state index contributed by atoms with van der Waals surface area (Å²) in [6.07, 6.45) is 5.48. The number of aliphatic carboxylic acids is 1. The Kier molecular flexibility index (Phi) is 9.39. The Labute approximate surface area is 155 Å². The summed E-state index contributed by atoms with van der Waals surface area (Å²) in [5.74, 6) is -1.65. The highest BCUT2D eigenvalue weighted by molar-refractivity contribution is 7.98. The van der Waals surface area contributed by atoms with Crippen LogP contribution in [-0.4, -0.2) is 68.7 Å². The molecule has 1 rings (SSSR count). The van der Waals surface area contributed by atoms with Crippen LogP contribution in [0.25, 0.3) is 0 Å². The van der Waals surface area contributed by atoms with Crippen LogP contribution < -0.4 is 16.4 Å². The maximum atomic E-state index is 12.4. The molecule has 9 nitrogen and oxygen atoms in total. The molecule has 140 valence electrons. The lowest BCUT2D eigenvalue weighted by Gasteiger charge is -2.22. The van der Waals surface area contributed by atoms with E-state index in [1.165, 1.54) is 12.5 Å². The molecule has 6 N–H and O–H groups in total. The van der Waals surface area contributed by atoms with Gasteiger partial charge >= 0.3 is 5.97 Å². The highest BCUT2D eigenvalue weighted by atomic mass is 32.2. The molecular formula is C14H23N5O4S2. The molecule has 1 aromatic rings. The van der Waals surface area contributed by atoms with Crippen molar-refractivity contribution >= 4 is 42.2 Å². The highest BCUT2D eigenvalue weighted by Gasteiger charge is 2.27. The van der Waals surface area contributed by atoms with Gasteiger partial charge in [-0.25, -0.2) is 9.78 Å². The summed E-state index contributed by atoms with van der Waals surface area (Å²) in [4.78, 5) is 42.4. The van der Waals surface area contributed by atoms with Crippen molar-refractivity contribution in [1.82, 2.24) is 20.6 Å². The van der Waals surface area contributed by atoms with E-state index in [-0.39, 0.29) is 12.2 Å². The average Bonchev–Trinajstić information content (AvgIpc) is 3.09. The van der Waals surface area contributed by atoms with Crippen molar-refractivity contribution in [3.05, 3.63) is 18.2 Å². The number of carbonyl (C=O) groups excluding carboxylic acids is 2. The van der Waals surface area contributed by atoms with Crippen molar-refractivity contribution in [2.75, 3.05) is 17.8 Å². The Hall–Kier alpha value is -1.72. The Morgan fingerprint density at radius 2 is 2.04 bits per heavy atom. The summed E-state index contributed by atoms with van der Waals surface area (Å²) >= 11 is 5.47. The van der Waals surface area contributed by atoms with Crippen molar-refractivity contribution in [2.45, 2.75) is 31.0 Å². The number of aromatic amines is 1. The van der Waals surface area contributed by atoms with Crippen molar-refractivity contribution in [3.63, 3.8) is 0 Å². The molecule has 25 heavy (non-hydrogen) atoms. The van der Waals surface area contributed by atoms with Crippen LogP contribution in [-0.2, 0) is 20.8 Å². The monoisotopic (exact) mass is 389 g/mol. The smallest absolute Gasteiger partial charge is 0.327 e. The standard InChI is InChI=1S/C14H23N5O4S2/c1-25-3-2-9(15)12(20)18-10(4-8-5-16-7-17-8)13(21)19-11(6-24)14(22)23/h5,7,9-11,24H,2-4,6,15H2,1H3,(H,16,17)(H,18,20)(H,19,21)(H,22,23). The number of hydrogen-bond donors (Lipinski definition) is 6. The third-order valence-corrected chi connectivity index (χ3v) is 4.39. The van der Waals surface area contributed by atoms with E-state index in [2.05, 4.69) is 33.2 Å². The molecule has 0 radical (unpaired) electrons. The normalized spacial score (nSPS) is 14.4. The van der Waals surface area contributed by atoms with Gasteiger partial charge in [-0.3, -0.25) is 9.59 Å². The van der Waals surface area contributed by atoms with Gasteiger partial charge in [0, 0.05) is 24.1 Å². The van der Waals surface area contributed by atoms with Gasteiger partial charge in [0.2, 0.25) is 11.8 Å². The van der Waals surface area contributed by atoms with E-state index in [4.69, 9.17) is 10.8 Å². The number of nitrogens with zero attached hydrogens (tertiary/aromatic N) is 1. The van der Waals surface area contributed by atoms with E-state index in [0.29, 0.717) is 17.9 Å². The molecule has 1 aromatic heterocycles. The van der Waals surface area contributed by atoms with E-state index < -0.39 is 35.9 Å². The number of carboxylic acids is 1. The number of hydrogen-bond acceptors (Lipinski definition) is 7. The SMILES string of the molecule is CSCCC(N)C(=O)NC(Cc1cnc[nH]1)C(=O)NC(CS)C(=O)O.